The molecule has 0 radical (unpaired) electrons. The molecule has 0 bridgehead atoms. The maximum absolute atomic E-state index is 12.6. The second kappa shape index (κ2) is 8.13. The van der Waals surface area contributed by atoms with Gasteiger partial charge in [0.2, 0.25) is 11.1 Å². The van der Waals surface area contributed by atoms with E-state index in [2.05, 4.69) is 39.8 Å². The molecule has 3 aromatic rings. The van der Waals surface area contributed by atoms with Gasteiger partial charge >= 0.3 is 0 Å². The number of para-hydroxylation sites is 1. The van der Waals surface area contributed by atoms with Gasteiger partial charge in [-0.2, -0.15) is 9.78 Å². The van der Waals surface area contributed by atoms with Gasteiger partial charge in [-0.1, -0.05) is 36.9 Å². The quantitative estimate of drug-likeness (QED) is 0.642. The molecule has 0 aliphatic heterocycles. The number of hydrogen-bond acceptors (Lipinski definition) is 6. The lowest BCUT2D eigenvalue weighted by atomic mass is 10.3. The summed E-state index contributed by atoms with van der Waals surface area (Å²) in [6, 6.07) is 11.6. The van der Waals surface area contributed by atoms with Crippen molar-refractivity contribution in [2.24, 2.45) is 0 Å². The molecule has 1 aromatic carbocycles. The minimum absolute atomic E-state index is 0.123. The minimum Gasteiger partial charge on any atom is -0.310 e. The molecule has 0 saturated heterocycles. The first-order valence-corrected chi connectivity index (χ1v) is 9.33. The number of thioether (sulfide) groups is 1. The molecule has 136 valence electrons. The molecule has 0 unspecified atom stereocenters. The number of rotatable bonds is 7. The van der Waals surface area contributed by atoms with E-state index in [4.69, 9.17) is 0 Å². The van der Waals surface area contributed by atoms with Crippen LogP contribution in [0.3, 0.4) is 0 Å². The lowest BCUT2D eigenvalue weighted by Gasteiger charge is -2.16. The van der Waals surface area contributed by atoms with Crippen LogP contribution >= 0.6 is 11.8 Å². The normalized spacial score (nSPS) is 13.3. The average Bonchev–Trinajstić information content (AvgIpc) is 3.31. The standard InChI is InChI=1S/C17H21N7OS/c1-4-12(2)23-15(10-11-18-23)19-16(25)13(3)26-17-20-21-22-24(17)14-8-6-5-7-9-14/h5-13H,4H2,1-3H3,(H,19,25)/t12-,13+/m1/s1. The van der Waals surface area contributed by atoms with Crippen molar-refractivity contribution in [1.29, 1.82) is 0 Å². The molecule has 2 heterocycles. The maximum Gasteiger partial charge on any atom is 0.238 e. The predicted octanol–water partition coefficient (Wildman–Crippen LogP) is 2.95. The predicted molar refractivity (Wildman–Crippen MR) is 100 cm³/mol. The molecule has 0 spiro atoms. The van der Waals surface area contributed by atoms with Gasteiger partial charge in [-0.15, -0.1) is 5.10 Å². The second-order valence-electron chi connectivity index (χ2n) is 5.88. The Kier molecular flexibility index (Phi) is 5.67. The summed E-state index contributed by atoms with van der Waals surface area (Å²) in [5, 5.41) is 19.2. The zero-order chi connectivity index (χ0) is 18.5. The fourth-order valence-electron chi connectivity index (χ4n) is 2.36. The summed E-state index contributed by atoms with van der Waals surface area (Å²) in [4.78, 5) is 12.6. The zero-order valence-electron chi connectivity index (χ0n) is 14.9. The minimum atomic E-state index is -0.372. The maximum atomic E-state index is 12.6. The Labute approximate surface area is 156 Å². The summed E-state index contributed by atoms with van der Waals surface area (Å²) in [5.41, 5.74) is 0.849. The van der Waals surface area contributed by atoms with E-state index in [1.807, 2.05) is 41.9 Å². The summed E-state index contributed by atoms with van der Waals surface area (Å²) in [7, 11) is 0. The van der Waals surface area contributed by atoms with Crippen LogP contribution in [0.4, 0.5) is 5.82 Å². The highest BCUT2D eigenvalue weighted by molar-refractivity contribution is 8.00. The van der Waals surface area contributed by atoms with Gasteiger partial charge in [0.25, 0.3) is 0 Å². The lowest BCUT2D eigenvalue weighted by molar-refractivity contribution is -0.115. The molecular weight excluding hydrogens is 350 g/mol. The van der Waals surface area contributed by atoms with Crippen LogP contribution in [0, 0.1) is 0 Å². The monoisotopic (exact) mass is 371 g/mol. The van der Waals surface area contributed by atoms with Gasteiger partial charge < -0.3 is 5.32 Å². The van der Waals surface area contributed by atoms with Crippen LogP contribution in [0.5, 0.6) is 0 Å². The summed E-state index contributed by atoms with van der Waals surface area (Å²) < 4.78 is 3.45. The Morgan fingerprint density at radius 2 is 2.00 bits per heavy atom. The fourth-order valence-corrected chi connectivity index (χ4v) is 3.17. The highest BCUT2D eigenvalue weighted by atomic mass is 32.2. The lowest BCUT2D eigenvalue weighted by Crippen LogP contribution is -2.25. The van der Waals surface area contributed by atoms with Crippen LogP contribution in [0.15, 0.2) is 47.8 Å². The van der Waals surface area contributed by atoms with Crippen molar-refractivity contribution in [1.82, 2.24) is 30.0 Å². The van der Waals surface area contributed by atoms with Crippen molar-refractivity contribution < 1.29 is 4.79 Å². The number of anilines is 1. The molecule has 3 rings (SSSR count). The number of nitrogens with one attached hydrogen (secondary N) is 1. The molecule has 0 fully saturated rings. The van der Waals surface area contributed by atoms with E-state index in [1.165, 1.54) is 11.8 Å². The first-order chi connectivity index (χ1) is 12.6. The Bertz CT molecular complexity index is 861. The van der Waals surface area contributed by atoms with E-state index in [0.29, 0.717) is 11.0 Å². The third-order valence-electron chi connectivity index (χ3n) is 4.02. The Morgan fingerprint density at radius 3 is 2.73 bits per heavy atom. The molecule has 0 saturated carbocycles. The molecule has 2 aromatic heterocycles. The van der Waals surface area contributed by atoms with E-state index >= 15 is 0 Å². The van der Waals surface area contributed by atoms with Gasteiger partial charge in [0.15, 0.2) is 0 Å². The average molecular weight is 371 g/mol. The third-order valence-corrected chi connectivity index (χ3v) is 5.06. The number of carbonyl (C=O) groups is 1. The summed E-state index contributed by atoms with van der Waals surface area (Å²) in [5.74, 6) is 0.571. The largest absolute Gasteiger partial charge is 0.310 e. The summed E-state index contributed by atoms with van der Waals surface area (Å²) in [6.45, 7) is 5.97. The molecule has 0 aliphatic rings. The van der Waals surface area contributed by atoms with Crippen molar-refractivity contribution in [2.45, 2.75) is 43.6 Å². The van der Waals surface area contributed by atoms with Crippen LogP contribution in [0.2, 0.25) is 0 Å². The molecule has 2 atom stereocenters. The van der Waals surface area contributed by atoms with Crippen molar-refractivity contribution in [3.8, 4) is 5.69 Å². The number of benzene rings is 1. The first-order valence-electron chi connectivity index (χ1n) is 8.45. The molecule has 8 nitrogen and oxygen atoms in total. The number of hydrogen-bond donors (Lipinski definition) is 1. The Hall–Kier alpha value is -2.68. The van der Waals surface area contributed by atoms with Crippen molar-refractivity contribution in [3.63, 3.8) is 0 Å². The van der Waals surface area contributed by atoms with Crippen molar-refractivity contribution >= 4 is 23.5 Å². The number of nitrogens with zero attached hydrogens (tertiary/aromatic N) is 6. The van der Waals surface area contributed by atoms with E-state index in [9.17, 15) is 4.79 Å². The van der Waals surface area contributed by atoms with E-state index < -0.39 is 0 Å². The molecular formula is C17H21N7OS. The van der Waals surface area contributed by atoms with Gasteiger partial charge in [0.1, 0.15) is 5.82 Å². The van der Waals surface area contributed by atoms with E-state index in [-0.39, 0.29) is 17.2 Å². The highest BCUT2D eigenvalue weighted by Crippen LogP contribution is 2.24. The summed E-state index contributed by atoms with van der Waals surface area (Å²) in [6.07, 6.45) is 2.62. The van der Waals surface area contributed by atoms with Crippen molar-refractivity contribution in [3.05, 3.63) is 42.6 Å². The highest BCUT2D eigenvalue weighted by Gasteiger charge is 2.21. The first kappa shape index (κ1) is 18.1. The van der Waals surface area contributed by atoms with Gasteiger partial charge in [0.05, 0.1) is 23.2 Å². The number of aromatic nitrogens is 6. The van der Waals surface area contributed by atoms with E-state index in [1.54, 1.807) is 16.9 Å². The number of tetrazole rings is 1. The van der Waals surface area contributed by atoms with Gasteiger partial charge in [-0.05, 0) is 42.8 Å². The smallest absolute Gasteiger partial charge is 0.238 e. The topological polar surface area (TPSA) is 90.5 Å². The van der Waals surface area contributed by atoms with E-state index in [0.717, 1.165) is 12.1 Å². The SMILES string of the molecule is CC[C@@H](C)n1nccc1NC(=O)[C@H](C)Sc1nnnn1-c1ccccc1. The summed E-state index contributed by atoms with van der Waals surface area (Å²) >= 11 is 1.31. The van der Waals surface area contributed by atoms with Gasteiger partial charge in [-0.3, -0.25) is 4.79 Å². The van der Waals surface area contributed by atoms with Crippen LogP contribution in [-0.4, -0.2) is 41.1 Å². The van der Waals surface area contributed by atoms with Crippen LogP contribution in [-0.2, 0) is 4.79 Å². The van der Waals surface area contributed by atoms with Crippen LogP contribution in [0.1, 0.15) is 33.2 Å². The molecule has 26 heavy (non-hydrogen) atoms. The molecule has 0 aliphatic carbocycles. The van der Waals surface area contributed by atoms with Crippen LogP contribution < -0.4 is 5.32 Å². The molecule has 1 amide bonds. The van der Waals surface area contributed by atoms with Gasteiger partial charge in [-0.25, -0.2) is 4.68 Å². The molecule has 1 N–H and O–H groups in total. The second-order valence-corrected chi connectivity index (χ2v) is 7.18. The van der Waals surface area contributed by atoms with Gasteiger partial charge in [0, 0.05) is 6.07 Å². The Morgan fingerprint density at radius 1 is 1.23 bits per heavy atom. The molecule has 9 heteroatoms. The fraction of sp³-hybridized carbons (Fsp3) is 0.353. The number of carbonyl (C=O) groups excluding carboxylic acids is 1. The Balaban J connectivity index is 1.70. The zero-order valence-corrected chi connectivity index (χ0v) is 15.7. The number of amides is 1. The van der Waals surface area contributed by atoms with Crippen LogP contribution in [0.25, 0.3) is 5.69 Å². The third kappa shape index (κ3) is 3.93. The van der Waals surface area contributed by atoms with Crippen molar-refractivity contribution in [2.75, 3.05) is 5.32 Å².